The van der Waals surface area contributed by atoms with Gasteiger partial charge in [-0.25, -0.2) is 0 Å². The van der Waals surface area contributed by atoms with Crippen LogP contribution in [0.25, 0.3) is 5.57 Å². The first-order chi connectivity index (χ1) is 8.02. The molecule has 1 aromatic carbocycles. The van der Waals surface area contributed by atoms with E-state index in [0.29, 0.717) is 5.41 Å². The largest absolute Gasteiger partial charge is 0.0843 e. The molecule has 92 valence electrons. The van der Waals surface area contributed by atoms with Gasteiger partial charge in [0.25, 0.3) is 0 Å². The average molecular weight is 249 g/mol. The Kier molecular flexibility index (Phi) is 3.63. The van der Waals surface area contributed by atoms with Crippen LogP contribution in [0.3, 0.4) is 0 Å². The Labute approximate surface area is 110 Å². The van der Waals surface area contributed by atoms with Crippen molar-refractivity contribution in [2.45, 2.75) is 46.5 Å². The Morgan fingerprint density at radius 3 is 2.41 bits per heavy atom. The molecule has 0 nitrogen and oxygen atoms in total. The minimum Gasteiger partial charge on any atom is -0.0843 e. The van der Waals surface area contributed by atoms with Crippen molar-refractivity contribution in [3.63, 3.8) is 0 Å². The van der Waals surface area contributed by atoms with Crippen molar-refractivity contribution in [3.05, 3.63) is 40.4 Å². The summed E-state index contributed by atoms with van der Waals surface area (Å²) in [4.78, 5) is 0. The number of rotatable bonds is 2. The van der Waals surface area contributed by atoms with E-state index in [4.69, 9.17) is 11.6 Å². The third kappa shape index (κ3) is 2.93. The van der Waals surface area contributed by atoms with Crippen molar-refractivity contribution in [3.8, 4) is 0 Å². The van der Waals surface area contributed by atoms with E-state index in [-0.39, 0.29) is 0 Å². The predicted molar refractivity (Wildman–Crippen MR) is 76.3 cm³/mol. The summed E-state index contributed by atoms with van der Waals surface area (Å²) in [6.07, 6.45) is 4.93. The Morgan fingerprint density at radius 1 is 1.18 bits per heavy atom. The maximum atomic E-state index is 5.96. The molecular formula is C16H21Cl. The highest BCUT2D eigenvalue weighted by Gasteiger charge is 2.26. The van der Waals surface area contributed by atoms with Crippen molar-refractivity contribution < 1.29 is 0 Å². The Bertz CT molecular complexity index is 423. The van der Waals surface area contributed by atoms with Gasteiger partial charge in [-0.15, -0.1) is 0 Å². The smallest absolute Gasteiger partial charge is 0.0406 e. The zero-order valence-corrected chi connectivity index (χ0v) is 11.8. The number of hydrogen-bond acceptors (Lipinski definition) is 0. The number of benzene rings is 1. The van der Waals surface area contributed by atoms with Crippen LogP contribution >= 0.6 is 11.6 Å². The minimum atomic E-state index is 0.438. The molecular weight excluding hydrogens is 228 g/mol. The third-order valence-electron chi connectivity index (χ3n) is 3.81. The monoisotopic (exact) mass is 248 g/mol. The highest BCUT2D eigenvalue weighted by molar-refractivity contribution is 6.30. The van der Waals surface area contributed by atoms with Crippen molar-refractivity contribution in [2.24, 2.45) is 5.41 Å². The maximum absolute atomic E-state index is 5.96. The summed E-state index contributed by atoms with van der Waals surface area (Å²) < 4.78 is 0. The molecule has 0 fully saturated rings. The van der Waals surface area contributed by atoms with E-state index in [1.807, 2.05) is 12.1 Å². The second-order valence-electron chi connectivity index (χ2n) is 5.78. The standard InChI is InChI=1S/C16H21Cl/c1-4-12-9-10-16(2,3)11-15(12)13-5-7-14(17)8-6-13/h5-8H,4,9-11H2,1-3H3. The first-order valence-corrected chi connectivity index (χ1v) is 6.86. The molecule has 0 bridgehead atoms. The van der Waals surface area contributed by atoms with Gasteiger partial charge >= 0.3 is 0 Å². The Hall–Kier alpha value is -0.750. The molecule has 1 aliphatic carbocycles. The molecule has 1 aromatic rings. The van der Waals surface area contributed by atoms with Crippen LogP contribution in [0.4, 0.5) is 0 Å². The van der Waals surface area contributed by atoms with Gasteiger partial charge in [0, 0.05) is 5.02 Å². The van der Waals surface area contributed by atoms with Crippen molar-refractivity contribution >= 4 is 17.2 Å². The lowest BCUT2D eigenvalue weighted by molar-refractivity contribution is 0.330. The molecule has 0 heterocycles. The summed E-state index contributed by atoms with van der Waals surface area (Å²) >= 11 is 5.96. The third-order valence-corrected chi connectivity index (χ3v) is 4.06. The van der Waals surface area contributed by atoms with E-state index in [1.165, 1.54) is 31.2 Å². The number of hydrogen-bond donors (Lipinski definition) is 0. The van der Waals surface area contributed by atoms with Crippen LogP contribution in [0.5, 0.6) is 0 Å². The van der Waals surface area contributed by atoms with Gasteiger partial charge in [0.2, 0.25) is 0 Å². The molecule has 0 saturated heterocycles. The van der Waals surface area contributed by atoms with Gasteiger partial charge in [0.05, 0.1) is 0 Å². The number of halogens is 1. The molecule has 0 atom stereocenters. The fourth-order valence-electron chi connectivity index (χ4n) is 2.68. The average Bonchev–Trinajstić information content (AvgIpc) is 2.29. The van der Waals surface area contributed by atoms with Crippen LogP contribution in [0.15, 0.2) is 29.8 Å². The predicted octanol–water partition coefficient (Wildman–Crippen LogP) is 5.71. The van der Waals surface area contributed by atoms with E-state index in [1.54, 1.807) is 11.1 Å². The lowest BCUT2D eigenvalue weighted by atomic mass is 9.72. The topological polar surface area (TPSA) is 0 Å². The molecule has 2 rings (SSSR count). The molecule has 0 amide bonds. The van der Waals surface area contributed by atoms with E-state index in [2.05, 4.69) is 32.9 Å². The van der Waals surface area contributed by atoms with Gasteiger partial charge in [0.15, 0.2) is 0 Å². The first kappa shape index (κ1) is 12.7. The maximum Gasteiger partial charge on any atom is 0.0406 e. The van der Waals surface area contributed by atoms with Gasteiger partial charge in [-0.05, 0) is 54.4 Å². The molecule has 17 heavy (non-hydrogen) atoms. The van der Waals surface area contributed by atoms with Crippen LogP contribution in [-0.2, 0) is 0 Å². The zero-order valence-electron chi connectivity index (χ0n) is 11.0. The van der Waals surface area contributed by atoms with E-state index >= 15 is 0 Å². The fourth-order valence-corrected chi connectivity index (χ4v) is 2.81. The summed E-state index contributed by atoms with van der Waals surface area (Å²) in [6, 6.07) is 8.32. The van der Waals surface area contributed by atoms with Gasteiger partial charge in [-0.3, -0.25) is 0 Å². The quantitative estimate of drug-likeness (QED) is 0.629. The van der Waals surface area contributed by atoms with E-state index in [0.717, 1.165) is 5.02 Å². The normalized spacial score (nSPS) is 19.5. The van der Waals surface area contributed by atoms with Gasteiger partial charge in [-0.1, -0.05) is 50.1 Å². The lowest BCUT2D eigenvalue weighted by Crippen LogP contribution is -2.17. The van der Waals surface area contributed by atoms with E-state index < -0.39 is 0 Å². The van der Waals surface area contributed by atoms with Gasteiger partial charge in [-0.2, -0.15) is 0 Å². The van der Waals surface area contributed by atoms with Crippen LogP contribution in [-0.4, -0.2) is 0 Å². The van der Waals surface area contributed by atoms with Crippen LogP contribution in [0.2, 0.25) is 5.02 Å². The van der Waals surface area contributed by atoms with Crippen molar-refractivity contribution in [1.29, 1.82) is 0 Å². The molecule has 0 aliphatic heterocycles. The van der Waals surface area contributed by atoms with Crippen LogP contribution < -0.4 is 0 Å². The number of allylic oxidation sites excluding steroid dienone is 2. The second kappa shape index (κ2) is 4.86. The minimum absolute atomic E-state index is 0.438. The summed E-state index contributed by atoms with van der Waals surface area (Å²) in [7, 11) is 0. The summed E-state index contributed by atoms with van der Waals surface area (Å²) in [5, 5.41) is 0.822. The summed E-state index contributed by atoms with van der Waals surface area (Å²) in [6.45, 7) is 7.01. The molecule has 0 spiro atoms. The van der Waals surface area contributed by atoms with Crippen molar-refractivity contribution in [1.82, 2.24) is 0 Å². The Morgan fingerprint density at radius 2 is 1.82 bits per heavy atom. The lowest BCUT2D eigenvalue weighted by Gasteiger charge is -2.33. The van der Waals surface area contributed by atoms with Crippen LogP contribution in [0.1, 0.15) is 52.0 Å². The molecule has 0 N–H and O–H groups in total. The van der Waals surface area contributed by atoms with Gasteiger partial charge in [0.1, 0.15) is 0 Å². The second-order valence-corrected chi connectivity index (χ2v) is 6.22. The SMILES string of the molecule is CCC1=C(c2ccc(Cl)cc2)CC(C)(C)CC1. The molecule has 0 radical (unpaired) electrons. The molecule has 1 aliphatic rings. The highest BCUT2D eigenvalue weighted by atomic mass is 35.5. The fraction of sp³-hybridized carbons (Fsp3) is 0.500. The van der Waals surface area contributed by atoms with Crippen LogP contribution in [0, 0.1) is 5.41 Å². The molecule has 0 aromatic heterocycles. The molecule has 0 unspecified atom stereocenters. The highest BCUT2D eigenvalue weighted by Crippen LogP contribution is 2.43. The summed E-state index contributed by atoms with van der Waals surface area (Å²) in [5.74, 6) is 0. The summed E-state index contributed by atoms with van der Waals surface area (Å²) in [5.41, 5.74) is 4.99. The first-order valence-electron chi connectivity index (χ1n) is 6.49. The molecule has 0 saturated carbocycles. The molecule has 1 heteroatoms. The Balaban J connectivity index is 2.39. The van der Waals surface area contributed by atoms with Gasteiger partial charge < -0.3 is 0 Å². The van der Waals surface area contributed by atoms with E-state index in [9.17, 15) is 0 Å². The zero-order chi connectivity index (χ0) is 12.5. The van der Waals surface area contributed by atoms with Crippen molar-refractivity contribution in [2.75, 3.05) is 0 Å².